The van der Waals surface area contributed by atoms with Crippen molar-refractivity contribution in [3.63, 3.8) is 0 Å². The Morgan fingerprint density at radius 2 is 1.81 bits per heavy atom. The number of benzene rings is 1. The maximum absolute atomic E-state index is 5.97. The third-order valence-corrected chi connectivity index (χ3v) is 4.01. The molecule has 0 amide bonds. The minimum atomic E-state index is 0.0420. The van der Waals surface area contributed by atoms with Crippen molar-refractivity contribution in [2.45, 2.75) is 39.8 Å². The van der Waals surface area contributed by atoms with Crippen molar-refractivity contribution in [3.05, 3.63) is 34.9 Å². The Morgan fingerprint density at radius 1 is 1.19 bits per heavy atom. The van der Waals surface area contributed by atoms with Crippen molar-refractivity contribution < 1.29 is 0 Å². The van der Waals surface area contributed by atoms with Crippen molar-refractivity contribution >= 4 is 11.6 Å². The minimum absolute atomic E-state index is 0.0420. The van der Waals surface area contributed by atoms with Gasteiger partial charge in [0.1, 0.15) is 0 Å². The zero-order valence-corrected chi connectivity index (χ0v) is 11.7. The summed E-state index contributed by atoms with van der Waals surface area (Å²) in [5.74, 6) is 0.647. The molecule has 1 aromatic rings. The van der Waals surface area contributed by atoms with Crippen LogP contribution in [0.2, 0.25) is 0 Å². The van der Waals surface area contributed by atoms with E-state index in [0.29, 0.717) is 5.88 Å². The van der Waals surface area contributed by atoms with Crippen LogP contribution in [0.3, 0.4) is 0 Å². The molecule has 2 heteroatoms. The molecule has 0 bridgehead atoms. The van der Waals surface area contributed by atoms with Gasteiger partial charge in [0.25, 0.3) is 0 Å². The molecule has 0 aliphatic carbocycles. The Morgan fingerprint density at radius 3 is 2.31 bits per heavy atom. The number of alkyl halides is 1. The fourth-order valence-electron chi connectivity index (χ4n) is 1.49. The molecular formula is C14H22ClN. The standard InChI is InChI=1S/C14H22ClN/c1-11-6-7-13(8-12(11)2)9-16(5)14(3,4)10-15/h6-8H,9-10H2,1-5H3. The second-order valence-electron chi connectivity index (χ2n) is 5.22. The summed E-state index contributed by atoms with van der Waals surface area (Å²) in [5.41, 5.74) is 4.10. The van der Waals surface area contributed by atoms with Gasteiger partial charge in [-0.05, 0) is 51.4 Å². The van der Waals surface area contributed by atoms with E-state index in [2.05, 4.69) is 57.8 Å². The van der Waals surface area contributed by atoms with Crippen LogP contribution in [0.15, 0.2) is 18.2 Å². The summed E-state index contributed by atoms with van der Waals surface area (Å²) in [4.78, 5) is 2.30. The van der Waals surface area contributed by atoms with E-state index in [-0.39, 0.29) is 5.54 Å². The van der Waals surface area contributed by atoms with Gasteiger partial charge in [0.05, 0.1) is 0 Å². The van der Waals surface area contributed by atoms with Crippen molar-refractivity contribution in [1.82, 2.24) is 4.90 Å². The van der Waals surface area contributed by atoms with Gasteiger partial charge in [-0.1, -0.05) is 18.2 Å². The summed E-state index contributed by atoms with van der Waals surface area (Å²) >= 11 is 5.97. The topological polar surface area (TPSA) is 3.24 Å². The average molecular weight is 240 g/mol. The van der Waals surface area contributed by atoms with Gasteiger partial charge in [0.2, 0.25) is 0 Å². The summed E-state index contributed by atoms with van der Waals surface area (Å²) in [7, 11) is 2.12. The van der Waals surface area contributed by atoms with E-state index in [1.54, 1.807) is 0 Å². The molecule has 0 saturated heterocycles. The largest absolute Gasteiger partial charge is 0.296 e. The van der Waals surface area contributed by atoms with Crippen LogP contribution in [0.1, 0.15) is 30.5 Å². The highest BCUT2D eigenvalue weighted by atomic mass is 35.5. The number of hydrogen-bond acceptors (Lipinski definition) is 1. The first-order valence-corrected chi connectivity index (χ1v) is 6.23. The molecule has 0 unspecified atom stereocenters. The Balaban J connectivity index is 2.77. The van der Waals surface area contributed by atoms with Crippen LogP contribution in [-0.2, 0) is 6.54 Å². The highest BCUT2D eigenvalue weighted by Crippen LogP contribution is 2.18. The quantitative estimate of drug-likeness (QED) is 0.724. The molecule has 0 aliphatic rings. The van der Waals surface area contributed by atoms with Gasteiger partial charge in [0, 0.05) is 18.0 Å². The van der Waals surface area contributed by atoms with E-state index in [0.717, 1.165) is 6.54 Å². The van der Waals surface area contributed by atoms with E-state index >= 15 is 0 Å². The van der Waals surface area contributed by atoms with Crippen LogP contribution >= 0.6 is 11.6 Å². The van der Waals surface area contributed by atoms with Gasteiger partial charge >= 0.3 is 0 Å². The van der Waals surface area contributed by atoms with Crippen LogP contribution in [-0.4, -0.2) is 23.4 Å². The van der Waals surface area contributed by atoms with E-state index in [4.69, 9.17) is 11.6 Å². The van der Waals surface area contributed by atoms with Crippen molar-refractivity contribution in [2.24, 2.45) is 0 Å². The predicted octanol–water partition coefficient (Wildman–Crippen LogP) is 3.75. The van der Waals surface area contributed by atoms with Crippen LogP contribution < -0.4 is 0 Å². The van der Waals surface area contributed by atoms with Crippen molar-refractivity contribution in [2.75, 3.05) is 12.9 Å². The Hall–Kier alpha value is -0.530. The van der Waals surface area contributed by atoms with E-state index < -0.39 is 0 Å². The molecule has 0 radical (unpaired) electrons. The Labute approximate surface area is 104 Å². The lowest BCUT2D eigenvalue weighted by Gasteiger charge is -2.34. The fourth-order valence-corrected chi connectivity index (χ4v) is 1.70. The summed E-state index contributed by atoms with van der Waals surface area (Å²) < 4.78 is 0. The minimum Gasteiger partial charge on any atom is -0.296 e. The van der Waals surface area contributed by atoms with Gasteiger partial charge < -0.3 is 0 Å². The zero-order chi connectivity index (χ0) is 12.3. The summed E-state index contributed by atoms with van der Waals surface area (Å²) in [6, 6.07) is 6.64. The first-order chi connectivity index (χ1) is 7.36. The maximum atomic E-state index is 5.97. The first-order valence-electron chi connectivity index (χ1n) is 5.70. The summed E-state index contributed by atoms with van der Waals surface area (Å²) in [5, 5.41) is 0. The van der Waals surface area contributed by atoms with Gasteiger partial charge in [-0.25, -0.2) is 0 Å². The smallest absolute Gasteiger partial charge is 0.0402 e. The molecule has 0 atom stereocenters. The van der Waals surface area contributed by atoms with E-state index in [1.165, 1.54) is 16.7 Å². The molecule has 0 aliphatic heterocycles. The molecule has 1 aromatic carbocycles. The van der Waals surface area contributed by atoms with Gasteiger partial charge in [0.15, 0.2) is 0 Å². The molecule has 90 valence electrons. The number of hydrogen-bond donors (Lipinski definition) is 0. The molecule has 0 fully saturated rings. The summed E-state index contributed by atoms with van der Waals surface area (Å²) in [6.07, 6.45) is 0. The summed E-state index contributed by atoms with van der Waals surface area (Å²) in [6.45, 7) is 9.58. The van der Waals surface area contributed by atoms with Gasteiger partial charge in [-0.15, -0.1) is 11.6 Å². The van der Waals surface area contributed by atoms with Crippen LogP contribution in [0, 0.1) is 13.8 Å². The second-order valence-corrected chi connectivity index (χ2v) is 5.49. The predicted molar refractivity (Wildman–Crippen MR) is 72.2 cm³/mol. The molecule has 1 rings (SSSR count). The lowest BCUT2D eigenvalue weighted by molar-refractivity contribution is 0.170. The first kappa shape index (κ1) is 13.5. The monoisotopic (exact) mass is 239 g/mol. The molecule has 0 saturated carbocycles. The molecule has 0 aromatic heterocycles. The SMILES string of the molecule is Cc1ccc(CN(C)C(C)(C)CCl)cc1C. The van der Waals surface area contributed by atoms with Crippen molar-refractivity contribution in [1.29, 1.82) is 0 Å². The van der Waals surface area contributed by atoms with Crippen LogP contribution in [0.4, 0.5) is 0 Å². The maximum Gasteiger partial charge on any atom is 0.0402 e. The number of halogens is 1. The third kappa shape index (κ3) is 3.23. The molecule has 1 nitrogen and oxygen atoms in total. The lowest BCUT2D eigenvalue weighted by Crippen LogP contribution is -2.42. The van der Waals surface area contributed by atoms with Gasteiger partial charge in [-0.2, -0.15) is 0 Å². The molecule has 0 N–H and O–H groups in total. The van der Waals surface area contributed by atoms with Crippen LogP contribution in [0.25, 0.3) is 0 Å². The second kappa shape index (κ2) is 5.20. The molecule has 0 heterocycles. The Kier molecular flexibility index (Phi) is 4.40. The zero-order valence-electron chi connectivity index (χ0n) is 11.0. The van der Waals surface area contributed by atoms with E-state index in [9.17, 15) is 0 Å². The molecular weight excluding hydrogens is 218 g/mol. The number of nitrogens with zero attached hydrogens (tertiary/aromatic N) is 1. The van der Waals surface area contributed by atoms with E-state index in [1.807, 2.05) is 0 Å². The third-order valence-electron chi connectivity index (χ3n) is 3.35. The Bertz CT molecular complexity index is 358. The highest BCUT2D eigenvalue weighted by molar-refractivity contribution is 6.18. The number of rotatable bonds is 4. The van der Waals surface area contributed by atoms with Crippen molar-refractivity contribution in [3.8, 4) is 0 Å². The highest BCUT2D eigenvalue weighted by Gasteiger charge is 2.22. The lowest BCUT2D eigenvalue weighted by atomic mass is 10.0. The molecule has 0 spiro atoms. The van der Waals surface area contributed by atoms with Crippen LogP contribution in [0.5, 0.6) is 0 Å². The average Bonchev–Trinajstić information content (AvgIpc) is 2.23. The van der Waals surface area contributed by atoms with Gasteiger partial charge in [-0.3, -0.25) is 4.90 Å². The normalized spacial score (nSPS) is 12.2. The number of aryl methyl sites for hydroxylation is 2. The molecule has 16 heavy (non-hydrogen) atoms. The fraction of sp³-hybridized carbons (Fsp3) is 0.571.